The monoisotopic (exact) mass is 358 g/mol. The molecule has 4 nitrogen and oxygen atoms in total. The van der Waals surface area contributed by atoms with Gasteiger partial charge < -0.3 is 4.74 Å². The predicted octanol–water partition coefficient (Wildman–Crippen LogP) is 3.56. The minimum Gasteiger partial charge on any atom is -0.460 e. The molecule has 0 aromatic carbocycles. The van der Waals surface area contributed by atoms with Crippen LogP contribution in [0.3, 0.4) is 0 Å². The fraction of sp³-hybridized carbons (Fsp3) is 0.864. The lowest BCUT2D eigenvalue weighted by Crippen LogP contribution is -2.63. The summed E-state index contributed by atoms with van der Waals surface area (Å²) in [7, 11) is 0. The van der Waals surface area contributed by atoms with Gasteiger partial charge >= 0.3 is 5.97 Å². The molecule has 4 saturated carbocycles. The van der Waals surface area contributed by atoms with Gasteiger partial charge in [-0.3, -0.25) is 14.4 Å². The fourth-order valence-electron chi connectivity index (χ4n) is 8.18. The van der Waals surface area contributed by atoms with Crippen LogP contribution in [0.2, 0.25) is 0 Å². The molecule has 1 saturated heterocycles. The highest BCUT2D eigenvalue weighted by Crippen LogP contribution is 2.76. The number of ether oxygens (including phenoxy) is 1. The first kappa shape index (κ1) is 16.9. The standard InChI is InChI=1S/C22H30O4/c1-18(2)11-7-9-20(18,5)15-13(11)14(23)22(17(25)26-15)12-8-10-21(6,16(22)24)19(12,3)4/h11-13,15H,7-10H2,1-6H3/t11-,12?,13?,15?,20+,21?,22+/m1/s1. The Morgan fingerprint density at radius 2 is 1.54 bits per heavy atom. The number of hydrogen-bond donors (Lipinski definition) is 0. The third kappa shape index (κ3) is 1.26. The summed E-state index contributed by atoms with van der Waals surface area (Å²) in [6.45, 7) is 12.7. The number of carbonyl (C=O) groups is 3. The maximum absolute atomic E-state index is 14.0. The van der Waals surface area contributed by atoms with Gasteiger partial charge in [0.15, 0.2) is 17.0 Å². The Balaban J connectivity index is 1.69. The fourth-order valence-corrected chi connectivity index (χ4v) is 8.18. The first-order chi connectivity index (χ1) is 11.9. The molecule has 1 spiro atoms. The lowest BCUT2D eigenvalue weighted by Gasteiger charge is -2.47. The second kappa shape index (κ2) is 4.12. The van der Waals surface area contributed by atoms with E-state index in [9.17, 15) is 14.4 Å². The summed E-state index contributed by atoms with van der Waals surface area (Å²) in [5.41, 5.74) is -2.70. The lowest BCUT2D eigenvalue weighted by molar-refractivity contribution is -0.194. The first-order valence-corrected chi connectivity index (χ1v) is 10.2. The van der Waals surface area contributed by atoms with Crippen molar-refractivity contribution in [2.75, 3.05) is 0 Å². The van der Waals surface area contributed by atoms with Crippen molar-refractivity contribution in [3.05, 3.63) is 0 Å². The third-order valence-corrected chi connectivity index (χ3v) is 10.6. The van der Waals surface area contributed by atoms with Gasteiger partial charge in [0.25, 0.3) is 0 Å². The molecule has 0 N–H and O–H groups in total. The Morgan fingerprint density at radius 3 is 2.12 bits per heavy atom. The highest BCUT2D eigenvalue weighted by Gasteiger charge is 2.83. The smallest absolute Gasteiger partial charge is 0.327 e. The van der Waals surface area contributed by atoms with Crippen molar-refractivity contribution in [1.82, 2.24) is 0 Å². The summed E-state index contributed by atoms with van der Waals surface area (Å²) in [4.78, 5) is 41.0. The van der Waals surface area contributed by atoms with Crippen molar-refractivity contribution in [2.45, 2.75) is 73.3 Å². The molecule has 5 fully saturated rings. The Hall–Kier alpha value is -1.19. The van der Waals surface area contributed by atoms with Crippen LogP contribution in [0, 0.1) is 44.8 Å². The van der Waals surface area contributed by atoms with Gasteiger partial charge in [0.05, 0.1) is 5.92 Å². The van der Waals surface area contributed by atoms with E-state index in [0.29, 0.717) is 0 Å². The molecule has 0 aromatic rings. The van der Waals surface area contributed by atoms with Crippen molar-refractivity contribution in [3.63, 3.8) is 0 Å². The third-order valence-electron chi connectivity index (χ3n) is 10.6. The van der Waals surface area contributed by atoms with Crippen LogP contribution >= 0.6 is 0 Å². The van der Waals surface area contributed by atoms with Gasteiger partial charge in [-0.05, 0) is 48.3 Å². The minimum atomic E-state index is -1.53. The highest BCUT2D eigenvalue weighted by molar-refractivity contribution is 6.27. The molecule has 7 atom stereocenters. The lowest BCUT2D eigenvalue weighted by atomic mass is 9.59. The molecule has 1 heterocycles. The summed E-state index contributed by atoms with van der Waals surface area (Å²) in [5.74, 6) is -1.08. The number of hydrogen-bond acceptors (Lipinski definition) is 4. The number of esters is 1. The predicted molar refractivity (Wildman–Crippen MR) is 95.0 cm³/mol. The van der Waals surface area contributed by atoms with Crippen LogP contribution in [-0.4, -0.2) is 23.6 Å². The van der Waals surface area contributed by atoms with Gasteiger partial charge in [-0.25, -0.2) is 0 Å². The molecule has 26 heavy (non-hydrogen) atoms. The summed E-state index contributed by atoms with van der Waals surface area (Å²) in [6, 6.07) is 0. The summed E-state index contributed by atoms with van der Waals surface area (Å²) < 4.78 is 6.07. The van der Waals surface area contributed by atoms with Gasteiger partial charge in [-0.1, -0.05) is 41.5 Å². The molecule has 5 aliphatic rings. The van der Waals surface area contributed by atoms with Crippen molar-refractivity contribution in [2.24, 2.45) is 44.8 Å². The van der Waals surface area contributed by atoms with Gasteiger partial charge in [0, 0.05) is 10.8 Å². The van der Waals surface area contributed by atoms with Crippen LogP contribution in [0.4, 0.5) is 0 Å². The molecule has 0 aromatic heterocycles. The quantitative estimate of drug-likeness (QED) is 0.491. The van der Waals surface area contributed by atoms with Crippen LogP contribution in [0.5, 0.6) is 0 Å². The van der Waals surface area contributed by atoms with E-state index < -0.39 is 16.8 Å². The van der Waals surface area contributed by atoms with Crippen LogP contribution in [0.15, 0.2) is 0 Å². The van der Waals surface area contributed by atoms with Gasteiger partial charge in [0.1, 0.15) is 6.10 Å². The number of carbonyl (C=O) groups excluding carboxylic acids is 3. The zero-order valence-electron chi connectivity index (χ0n) is 16.8. The van der Waals surface area contributed by atoms with Crippen molar-refractivity contribution < 1.29 is 19.1 Å². The second-order valence-electron chi connectivity index (χ2n) is 11.3. The van der Waals surface area contributed by atoms with E-state index in [0.717, 1.165) is 25.7 Å². The van der Waals surface area contributed by atoms with Crippen LogP contribution in [0.1, 0.15) is 67.2 Å². The van der Waals surface area contributed by atoms with Crippen LogP contribution < -0.4 is 0 Å². The van der Waals surface area contributed by atoms with Crippen LogP contribution in [-0.2, 0) is 19.1 Å². The average molecular weight is 358 g/mol. The molecule has 0 radical (unpaired) electrons. The molecular weight excluding hydrogens is 328 g/mol. The molecule has 0 amide bonds. The SMILES string of the molecule is CC12CCC(C1(C)C)[C@@]1(C(=O)OC3C(C1=O)[C@H]1CC[C@]3(C)C1(C)C)C2=O. The largest absolute Gasteiger partial charge is 0.460 e. The maximum Gasteiger partial charge on any atom is 0.327 e. The molecule has 4 bridgehead atoms. The van der Waals surface area contributed by atoms with E-state index >= 15 is 0 Å². The minimum absolute atomic E-state index is 0.0517. The summed E-state index contributed by atoms with van der Waals surface area (Å²) in [6.07, 6.45) is 3.15. The molecule has 1 aliphatic heterocycles. The molecule has 4 unspecified atom stereocenters. The number of ketones is 2. The maximum atomic E-state index is 14.0. The molecule has 4 aliphatic carbocycles. The first-order valence-electron chi connectivity index (χ1n) is 10.2. The van der Waals surface area contributed by atoms with Gasteiger partial charge in [-0.2, -0.15) is 0 Å². The zero-order chi connectivity index (χ0) is 19.1. The van der Waals surface area contributed by atoms with Crippen molar-refractivity contribution >= 4 is 17.5 Å². The molecule has 5 rings (SSSR count). The highest BCUT2D eigenvalue weighted by atomic mass is 16.6. The Morgan fingerprint density at radius 1 is 0.885 bits per heavy atom. The Bertz CT molecular complexity index is 779. The van der Waals surface area contributed by atoms with E-state index in [-0.39, 0.29) is 51.7 Å². The summed E-state index contributed by atoms with van der Waals surface area (Å²) >= 11 is 0. The average Bonchev–Trinajstić information content (AvgIpc) is 3.03. The molecule has 4 heteroatoms. The van der Waals surface area contributed by atoms with Gasteiger partial charge in [-0.15, -0.1) is 0 Å². The topological polar surface area (TPSA) is 60.4 Å². The zero-order valence-corrected chi connectivity index (χ0v) is 16.8. The van der Waals surface area contributed by atoms with Gasteiger partial charge in [0.2, 0.25) is 0 Å². The number of fused-ring (bicyclic) bond motifs is 8. The number of Topliss-reactive ketones (excluding diaryl/α,β-unsaturated/α-hetero) is 2. The molecular formula is C22H30O4. The molecule has 142 valence electrons. The van der Waals surface area contributed by atoms with E-state index in [1.165, 1.54) is 0 Å². The Kier molecular flexibility index (Phi) is 2.69. The Labute approximate surface area is 155 Å². The van der Waals surface area contributed by atoms with E-state index in [4.69, 9.17) is 4.74 Å². The second-order valence-corrected chi connectivity index (χ2v) is 11.3. The van der Waals surface area contributed by atoms with Crippen LogP contribution in [0.25, 0.3) is 0 Å². The van der Waals surface area contributed by atoms with Crippen molar-refractivity contribution in [1.29, 1.82) is 0 Å². The van der Waals surface area contributed by atoms with E-state index in [1.54, 1.807) is 0 Å². The van der Waals surface area contributed by atoms with E-state index in [2.05, 4.69) is 34.6 Å². The number of rotatable bonds is 0. The van der Waals surface area contributed by atoms with E-state index in [1.807, 2.05) is 6.92 Å². The van der Waals surface area contributed by atoms with Crippen molar-refractivity contribution in [3.8, 4) is 0 Å². The summed E-state index contributed by atoms with van der Waals surface area (Å²) in [5, 5.41) is 0. The normalized spacial score (nSPS) is 55.5.